The highest BCUT2D eigenvalue weighted by Gasteiger charge is 2.15. The first-order valence-corrected chi connectivity index (χ1v) is 8.14. The molecule has 2 N–H and O–H groups in total. The van der Waals surface area contributed by atoms with Gasteiger partial charge in [-0.1, -0.05) is 45.9 Å². The number of phenolic OH excluding ortho intramolecular Hbond substituents is 1. The molecule has 0 saturated carbocycles. The van der Waals surface area contributed by atoms with Crippen LogP contribution in [0.4, 0.5) is 11.4 Å². The van der Waals surface area contributed by atoms with Crippen LogP contribution in [0, 0.1) is 10.1 Å². The van der Waals surface area contributed by atoms with E-state index in [1.807, 2.05) is 0 Å². The average Bonchev–Trinajstić information content (AvgIpc) is 2.53. The fourth-order valence-corrected chi connectivity index (χ4v) is 2.77. The molecular formula is C19H24N2O3. The van der Waals surface area contributed by atoms with E-state index < -0.39 is 4.92 Å². The Bertz CT molecular complexity index is 713. The maximum atomic E-state index is 10.9. The van der Waals surface area contributed by atoms with E-state index >= 15 is 0 Å². The number of aromatic hydroxyl groups is 1. The molecule has 0 saturated heterocycles. The molecule has 5 nitrogen and oxygen atoms in total. The Labute approximate surface area is 142 Å². The number of rotatable bonds is 6. The van der Waals surface area contributed by atoms with Crippen LogP contribution in [-0.4, -0.2) is 10.0 Å². The number of nitrogens with zero attached hydrogens (tertiary/aromatic N) is 1. The van der Waals surface area contributed by atoms with Gasteiger partial charge in [-0.25, -0.2) is 0 Å². The molecule has 0 aliphatic rings. The predicted molar refractivity (Wildman–Crippen MR) is 96.7 cm³/mol. The van der Waals surface area contributed by atoms with Crippen molar-refractivity contribution in [3.05, 3.63) is 63.2 Å². The van der Waals surface area contributed by atoms with E-state index in [2.05, 4.69) is 51.2 Å². The summed E-state index contributed by atoms with van der Waals surface area (Å²) < 4.78 is 0. The minimum Gasteiger partial charge on any atom is -0.508 e. The summed E-state index contributed by atoms with van der Waals surface area (Å²) in [7, 11) is 0. The first kappa shape index (κ1) is 17.8. The SMILES string of the molecule is CC(C)c1cccc(C(C)C)c1NCc1cc([N+](=O)[O-])ccc1O. The molecule has 0 aliphatic heterocycles. The molecule has 0 radical (unpaired) electrons. The van der Waals surface area contributed by atoms with Crippen LogP contribution in [0.3, 0.4) is 0 Å². The second-order valence-electron chi connectivity index (χ2n) is 6.54. The van der Waals surface area contributed by atoms with Crippen molar-refractivity contribution in [2.45, 2.75) is 46.1 Å². The van der Waals surface area contributed by atoms with Crippen molar-refractivity contribution in [1.82, 2.24) is 0 Å². The van der Waals surface area contributed by atoms with Crippen LogP contribution in [0.1, 0.15) is 56.2 Å². The van der Waals surface area contributed by atoms with Crippen molar-refractivity contribution in [3.63, 3.8) is 0 Å². The summed E-state index contributed by atoms with van der Waals surface area (Å²) in [6.07, 6.45) is 0. The molecule has 0 spiro atoms. The molecule has 0 aliphatic carbocycles. The van der Waals surface area contributed by atoms with Crippen molar-refractivity contribution < 1.29 is 10.0 Å². The summed E-state index contributed by atoms with van der Waals surface area (Å²) >= 11 is 0. The Kier molecular flexibility index (Phi) is 5.44. The van der Waals surface area contributed by atoms with Crippen LogP contribution < -0.4 is 5.32 Å². The predicted octanol–water partition coefficient (Wildman–Crippen LogP) is 5.16. The van der Waals surface area contributed by atoms with Crippen LogP contribution >= 0.6 is 0 Å². The van der Waals surface area contributed by atoms with Crippen molar-refractivity contribution >= 4 is 11.4 Å². The topological polar surface area (TPSA) is 75.4 Å². The molecule has 2 aromatic carbocycles. The minimum atomic E-state index is -0.454. The second-order valence-corrected chi connectivity index (χ2v) is 6.54. The van der Waals surface area contributed by atoms with Crippen molar-refractivity contribution in [2.75, 3.05) is 5.32 Å². The number of nitro benzene ring substituents is 1. The fourth-order valence-electron chi connectivity index (χ4n) is 2.77. The number of anilines is 1. The van der Waals surface area contributed by atoms with Gasteiger partial charge in [-0.15, -0.1) is 0 Å². The lowest BCUT2D eigenvalue weighted by Crippen LogP contribution is -2.08. The Balaban J connectivity index is 2.35. The molecule has 2 aromatic rings. The van der Waals surface area contributed by atoms with Crippen LogP contribution in [0.25, 0.3) is 0 Å². The number of nitrogens with one attached hydrogen (secondary N) is 1. The molecule has 0 amide bonds. The summed E-state index contributed by atoms with van der Waals surface area (Å²) in [5.74, 6) is 0.760. The van der Waals surface area contributed by atoms with Gasteiger partial charge in [0.25, 0.3) is 5.69 Å². The van der Waals surface area contributed by atoms with Crippen LogP contribution in [0.5, 0.6) is 5.75 Å². The summed E-state index contributed by atoms with van der Waals surface area (Å²) in [4.78, 5) is 10.5. The molecule has 24 heavy (non-hydrogen) atoms. The van der Waals surface area contributed by atoms with Crippen molar-refractivity contribution in [3.8, 4) is 5.75 Å². The van der Waals surface area contributed by atoms with Gasteiger partial charge in [-0.2, -0.15) is 0 Å². The van der Waals surface area contributed by atoms with E-state index in [4.69, 9.17) is 0 Å². The summed E-state index contributed by atoms with van der Waals surface area (Å²) in [6, 6.07) is 10.3. The molecule has 0 fully saturated rings. The normalized spacial score (nSPS) is 11.1. The monoisotopic (exact) mass is 328 g/mol. The smallest absolute Gasteiger partial charge is 0.270 e. The van der Waals surface area contributed by atoms with Gasteiger partial charge in [-0.05, 0) is 29.0 Å². The van der Waals surface area contributed by atoms with Crippen LogP contribution in [0.15, 0.2) is 36.4 Å². The molecule has 0 bridgehead atoms. The lowest BCUT2D eigenvalue weighted by atomic mass is 9.92. The van der Waals surface area contributed by atoms with Gasteiger partial charge < -0.3 is 10.4 Å². The van der Waals surface area contributed by atoms with Crippen molar-refractivity contribution in [2.24, 2.45) is 0 Å². The second kappa shape index (κ2) is 7.34. The Morgan fingerprint density at radius 2 is 1.67 bits per heavy atom. The average molecular weight is 328 g/mol. The Morgan fingerprint density at radius 3 is 2.17 bits per heavy atom. The zero-order chi connectivity index (χ0) is 17.9. The number of benzene rings is 2. The number of para-hydroxylation sites is 1. The Morgan fingerprint density at radius 1 is 1.08 bits per heavy atom. The van der Waals surface area contributed by atoms with Gasteiger partial charge in [0.15, 0.2) is 0 Å². The van der Waals surface area contributed by atoms with Gasteiger partial charge in [-0.3, -0.25) is 10.1 Å². The maximum Gasteiger partial charge on any atom is 0.270 e. The van der Waals surface area contributed by atoms with Gasteiger partial charge in [0.2, 0.25) is 0 Å². The van der Waals surface area contributed by atoms with E-state index in [0.717, 1.165) is 5.69 Å². The summed E-state index contributed by atoms with van der Waals surface area (Å²) in [5, 5.41) is 24.3. The Hall–Kier alpha value is -2.56. The van der Waals surface area contributed by atoms with E-state index in [1.54, 1.807) is 0 Å². The molecule has 128 valence electrons. The molecule has 0 aromatic heterocycles. The van der Waals surface area contributed by atoms with Crippen molar-refractivity contribution in [1.29, 1.82) is 0 Å². The minimum absolute atomic E-state index is 0.0224. The van der Waals surface area contributed by atoms with Gasteiger partial charge in [0.1, 0.15) is 5.75 Å². The largest absolute Gasteiger partial charge is 0.508 e. The number of non-ortho nitro benzene ring substituents is 1. The number of nitro groups is 1. The maximum absolute atomic E-state index is 10.9. The molecule has 2 rings (SSSR count). The first-order valence-electron chi connectivity index (χ1n) is 8.14. The third kappa shape index (κ3) is 3.85. The van der Waals surface area contributed by atoms with Crippen LogP contribution in [-0.2, 0) is 6.54 Å². The lowest BCUT2D eigenvalue weighted by Gasteiger charge is -2.21. The fraction of sp³-hybridized carbons (Fsp3) is 0.368. The molecule has 0 unspecified atom stereocenters. The van der Waals surface area contributed by atoms with Gasteiger partial charge >= 0.3 is 0 Å². The first-order chi connectivity index (χ1) is 11.3. The number of hydrogen-bond donors (Lipinski definition) is 2. The van der Waals surface area contributed by atoms with E-state index in [9.17, 15) is 15.2 Å². The molecular weight excluding hydrogens is 304 g/mol. The molecule has 5 heteroatoms. The highest BCUT2D eigenvalue weighted by molar-refractivity contribution is 5.60. The molecule has 0 heterocycles. The van der Waals surface area contributed by atoms with Crippen LogP contribution in [0.2, 0.25) is 0 Å². The molecule has 0 atom stereocenters. The van der Waals surface area contributed by atoms with E-state index in [-0.39, 0.29) is 11.4 Å². The zero-order valence-electron chi connectivity index (χ0n) is 14.5. The third-order valence-electron chi connectivity index (χ3n) is 4.10. The quantitative estimate of drug-likeness (QED) is 0.567. The highest BCUT2D eigenvalue weighted by Crippen LogP contribution is 2.33. The van der Waals surface area contributed by atoms with E-state index in [0.29, 0.717) is 23.9 Å². The standard InChI is InChI=1S/C19H24N2O3/c1-12(2)16-6-5-7-17(13(3)4)19(16)20-11-14-10-15(21(23)24)8-9-18(14)22/h5-10,12-13,20,22H,11H2,1-4H3. The van der Waals surface area contributed by atoms with Gasteiger partial charge in [0, 0.05) is 29.9 Å². The summed E-state index contributed by atoms with van der Waals surface area (Å²) in [5.41, 5.74) is 3.94. The summed E-state index contributed by atoms with van der Waals surface area (Å²) in [6.45, 7) is 8.87. The van der Waals surface area contributed by atoms with Gasteiger partial charge in [0.05, 0.1) is 4.92 Å². The number of phenols is 1. The third-order valence-corrected chi connectivity index (χ3v) is 4.10. The lowest BCUT2D eigenvalue weighted by molar-refractivity contribution is -0.384. The zero-order valence-corrected chi connectivity index (χ0v) is 14.5. The number of hydrogen-bond acceptors (Lipinski definition) is 4. The van der Waals surface area contributed by atoms with E-state index in [1.165, 1.54) is 29.3 Å². The highest BCUT2D eigenvalue weighted by atomic mass is 16.6.